The number of amides is 3. The third kappa shape index (κ3) is 9.01. The van der Waals surface area contributed by atoms with Gasteiger partial charge in [0.15, 0.2) is 0 Å². The lowest BCUT2D eigenvalue weighted by Gasteiger charge is -2.19. The highest BCUT2D eigenvalue weighted by Crippen LogP contribution is 2.19. The lowest BCUT2D eigenvalue weighted by molar-refractivity contribution is -0.131. The molecule has 21 heavy (non-hydrogen) atoms. The highest BCUT2D eigenvalue weighted by molar-refractivity contribution is 5.87. The summed E-state index contributed by atoms with van der Waals surface area (Å²) in [6.45, 7) is -0.443. The maximum absolute atomic E-state index is 11.6. The number of ether oxygens (including phenoxy) is 1. The van der Waals surface area contributed by atoms with Crippen molar-refractivity contribution in [2.75, 3.05) is 19.7 Å². The van der Waals surface area contributed by atoms with Gasteiger partial charge in [-0.15, -0.1) is 0 Å². The van der Waals surface area contributed by atoms with Crippen LogP contribution < -0.4 is 16.4 Å². The fourth-order valence-electron chi connectivity index (χ4n) is 2.26. The Morgan fingerprint density at radius 3 is 2.10 bits per heavy atom. The standard InChI is InChI=1S/C14H25N3O4/c15-12(18)8-16-13(19)9-17-14(20)10-21-11-6-4-2-1-3-5-7-11/h11H,1-10H2,(H2,15,18)(H,16,19)(H,17,20). The number of rotatable bonds is 7. The molecule has 0 atom stereocenters. The summed E-state index contributed by atoms with van der Waals surface area (Å²) in [5, 5.41) is 4.73. The zero-order valence-corrected chi connectivity index (χ0v) is 12.4. The van der Waals surface area contributed by atoms with Gasteiger partial charge in [0.2, 0.25) is 17.7 Å². The summed E-state index contributed by atoms with van der Waals surface area (Å²) in [7, 11) is 0. The number of primary amides is 1. The molecule has 0 radical (unpaired) electrons. The third-order valence-electron chi connectivity index (χ3n) is 3.41. The van der Waals surface area contributed by atoms with Crippen molar-refractivity contribution in [1.82, 2.24) is 10.6 Å². The minimum Gasteiger partial charge on any atom is -0.368 e. The number of hydrogen-bond donors (Lipinski definition) is 3. The summed E-state index contributed by atoms with van der Waals surface area (Å²) in [6.07, 6.45) is 8.15. The van der Waals surface area contributed by atoms with E-state index in [1.807, 2.05) is 0 Å². The van der Waals surface area contributed by atoms with Gasteiger partial charge in [-0.25, -0.2) is 0 Å². The molecule has 0 saturated heterocycles. The second kappa shape index (κ2) is 10.1. The number of hydrogen-bond acceptors (Lipinski definition) is 4. The van der Waals surface area contributed by atoms with Gasteiger partial charge < -0.3 is 21.1 Å². The fourth-order valence-corrected chi connectivity index (χ4v) is 2.26. The van der Waals surface area contributed by atoms with E-state index in [4.69, 9.17) is 10.5 Å². The topological polar surface area (TPSA) is 111 Å². The van der Waals surface area contributed by atoms with E-state index in [1.165, 1.54) is 19.3 Å². The molecule has 3 amide bonds. The van der Waals surface area contributed by atoms with E-state index >= 15 is 0 Å². The Balaban J connectivity index is 2.12. The Kier molecular flexibility index (Phi) is 8.42. The maximum atomic E-state index is 11.6. The molecule has 7 heteroatoms. The molecule has 120 valence electrons. The van der Waals surface area contributed by atoms with Gasteiger partial charge in [0, 0.05) is 0 Å². The largest absolute Gasteiger partial charge is 0.368 e. The minimum atomic E-state index is -0.623. The lowest BCUT2D eigenvalue weighted by atomic mass is 9.99. The maximum Gasteiger partial charge on any atom is 0.246 e. The highest BCUT2D eigenvalue weighted by Gasteiger charge is 2.14. The van der Waals surface area contributed by atoms with Crippen LogP contribution in [0.15, 0.2) is 0 Å². The van der Waals surface area contributed by atoms with Gasteiger partial charge >= 0.3 is 0 Å². The van der Waals surface area contributed by atoms with E-state index in [-0.39, 0.29) is 31.7 Å². The average Bonchev–Trinajstić information content (AvgIpc) is 2.41. The summed E-state index contributed by atoms with van der Waals surface area (Å²) >= 11 is 0. The van der Waals surface area contributed by atoms with Crippen LogP contribution in [-0.4, -0.2) is 43.5 Å². The number of carbonyl (C=O) groups excluding carboxylic acids is 3. The van der Waals surface area contributed by atoms with Crippen LogP contribution in [0.1, 0.15) is 44.9 Å². The van der Waals surface area contributed by atoms with Gasteiger partial charge in [0.25, 0.3) is 0 Å². The van der Waals surface area contributed by atoms with Gasteiger partial charge in [0.1, 0.15) is 6.61 Å². The predicted octanol–water partition coefficient (Wildman–Crippen LogP) is -0.166. The van der Waals surface area contributed by atoms with Crippen LogP contribution in [0.5, 0.6) is 0 Å². The van der Waals surface area contributed by atoms with E-state index < -0.39 is 11.8 Å². The van der Waals surface area contributed by atoms with E-state index in [9.17, 15) is 14.4 Å². The SMILES string of the molecule is NC(=O)CNC(=O)CNC(=O)COC1CCCCCCC1. The summed E-state index contributed by atoms with van der Waals surface area (Å²) in [5.74, 6) is -1.40. The van der Waals surface area contributed by atoms with Crippen LogP contribution in [0.4, 0.5) is 0 Å². The van der Waals surface area contributed by atoms with Crippen molar-refractivity contribution in [3.8, 4) is 0 Å². The molecule has 1 aliphatic carbocycles. The molecule has 0 unspecified atom stereocenters. The van der Waals surface area contributed by atoms with Crippen LogP contribution in [-0.2, 0) is 19.1 Å². The average molecular weight is 299 g/mol. The Labute approximate surface area is 125 Å². The molecule has 1 fully saturated rings. The van der Waals surface area contributed by atoms with Crippen LogP contribution >= 0.6 is 0 Å². The Morgan fingerprint density at radius 2 is 1.48 bits per heavy atom. The Hall–Kier alpha value is -1.63. The van der Waals surface area contributed by atoms with E-state index in [0.29, 0.717) is 0 Å². The first-order chi connectivity index (χ1) is 10.1. The Bertz CT molecular complexity index is 352. The van der Waals surface area contributed by atoms with Crippen molar-refractivity contribution in [1.29, 1.82) is 0 Å². The summed E-state index contributed by atoms with van der Waals surface area (Å²) in [4.78, 5) is 33.3. The normalized spacial score (nSPS) is 16.6. The minimum absolute atomic E-state index is 0.0340. The first-order valence-electron chi connectivity index (χ1n) is 7.51. The summed E-state index contributed by atoms with van der Waals surface area (Å²) in [5.41, 5.74) is 4.89. The van der Waals surface area contributed by atoms with Crippen LogP contribution in [0.2, 0.25) is 0 Å². The quantitative estimate of drug-likeness (QED) is 0.606. The second-order valence-corrected chi connectivity index (χ2v) is 5.30. The number of carbonyl (C=O) groups is 3. The lowest BCUT2D eigenvalue weighted by Crippen LogP contribution is -2.41. The third-order valence-corrected chi connectivity index (χ3v) is 3.41. The van der Waals surface area contributed by atoms with Crippen molar-refractivity contribution in [3.63, 3.8) is 0 Å². The number of nitrogens with two attached hydrogens (primary N) is 1. The first-order valence-corrected chi connectivity index (χ1v) is 7.51. The molecule has 0 spiro atoms. The zero-order valence-electron chi connectivity index (χ0n) is 12.4. The molecule has 4 N–H and O–H groups in total. The fraction of sp³-hybridized carbons (Fsp3) is 0.786. The van der Waals surface area contributed by atoms with E-state index in [2.05, 4.69) is 10.6 Å². The van der Waals surface area contributed by atoms with Gasteiger partial charge in [-0.05, 0) is 12.8 Å². The van der Waals surface area contributed by atoms with Crippen molar-refractivity contribution < 1.29 is 19.1 Å². The molecule has 1 aliphatic rings. The van der Waals surface area contributed by atoms with Gasteiger partial charge in [-0.1, -0.05) is 32.1 Å². The predicted molar refractivity (Wildman–Crippen MR) is 77.3 cm³/mol. The molecular weight excluding hydrogens is 274 g/mol. The van der Waals surface area contributed by atoms with Crippen LogP contribution in [0.25, 0.3) is 0 Å². The zero-order chi connectivity index (χ0) is 15.5. The molecular formula is C14H25N3O4. The van der Waals surface area contributed by atoms with Crippen LogP contribution in [0.3, 0.4) is 0 Å². The smallest absolute Gasteiger partial charge is 0.246 e. The molecule has 1 saturated carbocycles. The molecule has 7 nitrogen and oxygen atoms in total. The summed E-state index contributed by atoms with van der Waals surface area (Å²) in [6, 6.07) is 0. The molecule has 0 aromatic carbocycles. The van der Waals surface area contributed by atoms with Crippen LogP contribution in [0, 0.1) is 0 Å². The molecule has 0 bridgehead atoms. The van der Waals surface area contributed by atoms with E-state index in [0.717, 1.165) is 25.7 Å². The van der Waals surface area contributed by atoms with Crippen molar-refractivity contribution in [2.45, 2.75) is 51.0 Å². The molecule has 0 aromatic rings. The molecule has 0 aliphatic heterocycles. The molecule has 0 aromatic heterocycles. The van der Waals surface area contributed by atoms with E-state index in [1.54, 1.807) is 0 Å². The van der Waals surface area contributed by atoms with Crippen molar-refractivity contribution in [2.24, 2.45) is 5.73 Å². The molecule has 0 heterocycles. The van der Waals surface area contributed by atoms with Gasteiger partial charge in [0.05, 0.1) is 19.2 Å². The highest BCUT2D eigenvalue weighted by atomic mass is 16.5. The number of nitrogens with one attached hydrogen (secondary N) is 2. The summed E-state index contributed by atoms with van der Waals surface area (Å²) < 4.78 is 5.59. The Morgan fingerprint density at radius 1 is 0.905 bits per heavy atom. The monoisotopic (exact) mass is 299 g/mol. The van der Waals surface area contributed by atoms with Gasteiger partial charge in [-0.3, -0.25) is 14.4 Å². The first kappa shape index (κ1) is 17.4. The second-order valence-electron chi connectivity index (χ2n) is 5.30. The molecule has 1 rings (SSSR count). The van der Waals surface area contributed by atoms with Gasteiger partial charge in [-0.2, -0.15) is 0 Å². The van der Waals surface area contributed by atoms with Crippen molar-refractivity contribution >= 4 is 17.7 Å². The van der Waals surface area contributed by atoms with Crippen molar-refractivity contribution in [3.05, 3.63) is 0 Å².